The van der Waals surface area contributed by atoms with Crippen molar-refractivity contribution in [1.82, 2.24) is 19.1 Å². The maximum Gasteiger partial charge on any atom is 0.329 e. The molecule has 9 heteroatoms. The van der Waals surface area contributed by atoms with Crippen LogP contribution in [0.4, 0.5) is 5.95 Å². The molecular formula is C18H19BrN6O2. The molecule has 0 aliphatic rings. The molecule has 2 aromatic heterocycles. The molecule has 0 spiro atoms. The number of aromatic amines is 1. The van der Waals surface area contributed by atoms with Gasteiger partial charge in [0.05, 0.1) is 6.21 Å². The van der Waals surface area contributed by atoms with Gasteiger partial charge in [0.1, 0.15) is 0 Å². The first-order valence-corrected chi connectivity index (χ1v) is 9.21. The molecule has 0 fully saturated rings. The second-order valence-electron chi connectivity index (χ2n) is 5.89. The van der Waals surface area contributed by atoms with Crippen molar-refractivity contribution in [2.45, 2.75) is 19.9 Å². The van der Waals surface area contributed by atoms with Crippen molar-refractivity contribution in [3.05, 3.63) is 61.2 Å². The summed E-state index contributed by atoms with van der Waals surface area (Å²) in [6.45, 7) is 2.56. The van der Waals surface area contributed by atoms with Crippen LogP contribution in [0.15, 0.2) is 49.5 Å². The van der Waals surface area contributed by atoms with E-state index >= 15 is 0 Å². The highest BCUT2D eigenvalue weighted by Gasteiger charge is 2.16. The predicted octanol–water partition coefficient (Wildman–Crippen LogP) is 2.67. The molecule has 3 rings (SSSR count). The van der Waals surface area contributed by atoms with Crippen LogP contribution in [0, 0.1) is 0 Å². The Morgan fingerprint density at radius 1 is 1.33 bits per heavy atom. The first kappa shape index (κ1) is 18.8. The van der Waals surface area contributed by atoms with Gasteiger partial charge >= 0.3 is 5.69 Å². The number of nitrogens with zero attached hydrogens (tertiary/aromatic N) is 4. The van der Waals surface area contributed by atoms with Crippen LogP contribution >= 0.6 is 15.9 Å². The molecule has 0 atom stereocenters. The van der Waals surface area contributed by atoms with Gasteiger partial charge in [-0.1, -0.05) is 37.3 Å². The lowest BCUT2D eigenvalue weighted by molar-refractivity contribution is 0.698. The molecule has 140 valence electrons. The highest BCUT2D eigenvalue weighted by atomic mass is 79.9. The van der Waals surface area contributed by atoms with Gasteiger partial charge in [-0.25, -0.2) is 10.2 Å². The van der Waals surface area contributed by atoms with Crippen molar-refractivity contribution in [2.24, 2.45) is 12.1 Å². The van der Waals surface area contributed by atoms with E-state index in [0.717, 1.165) is 16.5 Å². The van der Waals surface area contributed by atoms with Gasteiger partial charge < -0.3 is 4.57 Å². The summed E-state index contributed by atoms with van der Waals surface area (Å²) in [5.41, 5.74) is 3.59. The monoisotopic (exact) mass is 430 g/mol. The Morgan fingerprint density at radius 3 is 2.78 bits per heavy atom. The third-order valence-electron chi connectivity index (χ3n) is 3.91. The minimum absolute atomic E-state index is 0.314. The molecule has 2 N–H and O–H groups in total. The quantitative estimate of drug-likeness (QED) is 0.463. The second kappa shape index (κ2) is 8.17. The van der Waals surface area contributed by atoms with Crippen molar-refractivity contribution in [3.8, 4) is 0 Å². The van der Waals surface area contributed by atoms with Gasteiger partial charge in [0.25, 0.3) is 5.56 Å². The first-order valence-electron chi connectivity index (χ1n) is 8.42. The fourth-order valence-electron chi connectivity index (χ4n) is 2.66. The van der Waals surface area contributed by atoms with Gasteiger partial charge in [-0.3, -0.25) is 14.3 Å². The molecule has 0 aliphatic heterocycles. The van der Waals surface area contributed by atoms with Crippen LogP contribution in [0.5, 0.6) is 0 Å². The van der Waals surface area contributed by atoms with Crippen molar-refractivity contribution >= 4 is 45.3 Å². The van der Waals surface area contributed by atoms with Gasteiger partial charge in [0, 0.05) is 18.1 Å². The second-order valence-corrected chi connectivity index (χ2v) is 6.80. The number of allylic oxidation sites excluding steroid dienone is 1. The molecule has 2 heterocycles. The molecule has 0 amide bonds. The molecule has 8 nitrogen and oxygen atoms in total. The highest BCUT2D eigenvalue weighted by molar-refractivity contribution is 9.12. The van der Waals surface area contributed by atoms with E-state index in [1.165, 1.54) is 4.57 Å². The average Bonchev–Trinajstić information content (AvgIpc) is 3.00. The lowest BCUT2D eigenvalue weighted by atomic mass is 10.2. The first-order chi connectivity index (χ1) is 13.0. The van der Waals surface area contributed by atoms with E-state index in [-0.39, 0.29) is 0 Å². The number of H-pyrrole nitrogens is 1. The molecule has 0 saturated heterocycles. The van der Waals surface area contributed by atoms with Crippen LogP contribution in [0.3, 0.4) is 0 Å². The summed E-state index contributed by atoms with van der Waals surface area (Å²) in [7, 11) is 1.57. The fraction of sp³-hybridized carbons (Fsp3) is 0.222. The van der Waals surface area contributed by atoms with Gasteiger partial charge in [-0.15, -0.1) is 0 Å². The van der Waals surface area contributed by atoms with E-state index in [9.17, 15) is 9.59 Å². The Balaban J connectivity index is 1.93. The number of rotatable bonds is 6. The Kier molecular flexibility index (Phi) is 5.70. The van der Waals surface area contributed by atoms with Crippen molar-refractivity contribution < 1.29 is 0 Å². The van der Waals surface area contributed by atoms with Crippen LogP contribution in [-0.4, -0.2) is 25.3 Å². The molecule has 0 saturated carbocycles. The molecular weight excluding hydrogens is 412 g/mol. The summed E-state index contributed by atoms with van der Waals surface area (Å²) in [6, 6.07) is 9.83. The van der Waals surface area contributed by atoms with Crippen molar-refractivity contribution in [3.63, 3.8) is 0 Å². The van der Waals surface area contributed by atoms with E-state index in [4.69, 9.17) is 0 Å². The van der Waals surface area contributed by atoms with Crippen molar-refractivity contribution in [1.29, 1.82) is 0 Å². The molecule has 27 heavy (non-hydrogen) atoms. The summed E-state index contributed by atoms with van der Waals surface area (Å²) >= 11 is 3.45. The number of hydrogen-bond donors (Lipinski definition) is 2. The third-order valence-corrected chi connectivity index (χ3v) is 4.34. The topological polar surface area (TPSA) is 97.1 Å². The predicted molar refractivity (Wildman–Crippen MR) is 111 cm³/mol. The van der Waals surface area contributed by atoms with Gasteiger partial charge in [0.2, 0.25) is 5.95 Å². The largest absolute Gasteiger partial charge is 0.329 e. The summed E-state index contributed by atoms with van der Waals surface area (Å²) in [5, 5.41) is 4.18. The number of aryl methyl sites for hydroxylation is 2. The average molecular weight is 431 g/mol. The highest BCUT2D eigenvalue weighted by Crippen LogP contribution is 2.16. The number of imidazole rings is 1. The standard InChI is InChI=1S/C18H19BrN6O2/c1-3-9-25-14-15(24(2)18(27)22-16(14)26)21-17(25)23-20-11-13(19)10-12-7-5-4-6-8-12/h4-8,10-11H,3,9H2,1-2H3,(H,21,23)(H,22,26,27)/b13-10+,20-11-. The summed E-state index contributed by atoms with van der Waals surface area (Å²) in [5.74, 6) is 0.398. The summed E-state index contributed by atoms with van der Waals surface area (Å²) < 4.78 is 3.80. The molecule has 3 aromatic rings. The molecule has 0 unspecified atom stereocenters. The molecule has 0 radical (unpaired) electrons. The van der Waals surface area contributed by atoms with Gasteiger partial charge in [0.15, 0.2) is 11.2 Å². The normalized spacial score (nSPS) is 12.2. The van der Waals surface area contributed by atoms with E-state index in [0.29, 0.717) is 23.7 Å². The van der Waals surface area contributed by atoms with E-state index in [1.807, 2.05) is 43.3 Å². The fourth-order valence-corrected chi connectivity index (χ4v) is 3.03. The number of hydrazone groups is 1. The number of fused-ring (bicyclic) bond motifs is 1. The molecule has 1 aromatic carbocycles. The minimum Gasteiger partial charge on any atom is -0.303 e. The van der Waals surface area contributed by atoms with Gasteiger partial charge in [-0.2, -0.15) is 10.1 Å². The van der Waals surface area contributed by atoms with E-state index in [1.54, 1.807) is 17.8 Å². The van der Waals surface area contributed by atoms with Crippen LogP contribution in [-0.2, 0) is 13.6 Å². The SMILES string of the molecule is CCCn1c(N/N=C\C(Br)=C/c2ccccc2)nc2c1c(=O)[nH]c(=O)n2C. The Bertz CT molecular complexity index is 1120. The van der Waals surface area contributed by atoms with Crippen LogP contribution in [0.2, 0.25) is 0 Å². The van der Waals surface area contributed by atoms with Crippen LogP contribution < -0.4 is 16.7 Å². The van der Waals surface area contributed by atoms with E-state index < -0.39 is 11.2 Å². The number of benzene rings is 1. The third kappa shape index (κ3) is 4.08. The van der Waals surface area contributed by atoms with Gasteiger partial charge in [-0.05, 0) is 34.0 Å². The Morgan fingerprint density at radius 2 is 2.07 bits per heavy atom. The summed E-state index contributed by atoms with van der Waals surface area (Å²) in [4.78, 5) is 30.7. The maximum atomic E-state index is 12.2. The lowest BCUT2D eigenvalue weighted by Gasteiger charge is -2.05. The Hall–Kier alpha value is -2.94. The number of hydrogen-bond acceptors (Lipinski definition) is 5. The number of halogens is 1. The Labute approximate surface area is 163 Å². The van der Waals surface area contributed by atoms with E-state index in [2.05, 4.69) is 36.4 Å². The van der Waals surface area contributed by atoms with Crippen LogP contribution in [0.1, 0.15) is 18.9 Å². The maximum absolute atomic E-state index is 12.2. The zero-order valence-electron chi connectivity index (χ0n) is 14.9. The lowest BCUT2D eigenvalue weighted by Crippen LogP contribution is -2.29. The number of anilines is 1. The zero-order valence-corrected chi connectivity index (χ0v) is 16.5. The molecule has 0 bridgehead atoms. The summed E-state index contributed by atoms with van der Waals surface area (Å²) in [6.07, 6.45) is 4.32. The number of nitrogens with one attached hydrogen (secondary N) is 2. The van der Waals surface area contributed by atoms with Crippen LogP contribution in [0.25, 0.3) is 17.2 Å². The zero-order chi connectivity index (χ0) is 19.4. The van der Waals surface area contributed by atoms with Crippen molar-refractivity contribution in [2.75, 3.05) is 5.43 Å². The number of aromatic nitrogens is 4. The molecule has 0 aliphatic carbocycles. The minimum atomic E-state index is -0.503. The smallest absolute Gasteiger partial charge is 0.303 e.